The van der Waals surface area contributed by atoms with Gasteiger partial charge in [0.1, 0.15) is 0 Å². The number of ketones is 1. The zero-order chi connectivity index (χ0) is 20.2. The van der Waals surface area contributed by atoms with Crippen molar-refractivity contribution in [1.29, 1.82) is 0 Å². The van der Waals surface area contributed by atoms with E-state index < -0.39 is 11.3 Å². The van der Waals surface area contributed by atoms with Gasteiger partial charge in [-0.3, -0.25) is 15.0 Å². The Morgan fingerprint density at radius 2 is 1.72 bits per heavy atom. The molecule has 0 fully saturated rings. The lowest BCUT2D eigenvalue weighted by atomic mass is 10.0. The molecule has 0 saturated heterocycles. The Labute approximate surface area is 170 Å². The number of carbonyl (C=O) groups excluding carboxylic acids is 1. The van der Waals surface area contributed by atoms with Crippen LogP contribution in [0.3, 0.4) is 0 Å². The van der Waals surface area contributed by atoms with E-state index in [4.69, 9.17) is 11.6 Å². The van der Waals surface area contributed by atoms with Crippen molar-refractivity contribution in [2.45, 2.75) is 0 Å². The summed E-state index contributed by atoms with van der Waals surface area (Å²) in [5, 5.41) is 4.74. The number of hydrogen-bond acceptors (Lipinski definition) is 5. The fraction of sp³-hybridized carbons (Fsp3) is 0. The van der Waals surface area contributed by atoms with Crippen LogP contribution in [0.4, 0.5) is 5.69 Å². The number of para-hydroxylation sites is 2. The van der Waals surface area contributed by atoms with Crippen molar-refractivity contribution < 1.29 is 4.79 Å². The molecule has 1 heterocycles. The summed E-state index contributed by atoms with van der Waals surface area (Å²) in [5.41, 5.74) is 4.25. The number of Topliss-reactive ketones (excluding diaryl/α,β-unsaturated/α-hetero) is 1. The van der Waals surface area contributed by atoms with Gasteiger partial charge in [0.15, 0.2) is 11.4 Å². The molecule has 0 bridgehead atoms. The monoisotopic (exact) mass is 402 g/mol. The Hall–Kier alpha value is -3.77. The Morgan fingerprint density at radius 3 is 2.52 bits per heavy atom. The van der Waals surface area contributed by atoms with E-state index in [-0.39, 0.29) is 11.4 Å². The number of H-pyrrole nitrogens is 1. The molecule has 29 heavy (non-hydrogen) atoms. The van der Waals surface area contributed by atoms with Gasteiger partial charge in [0.2, 0.25) is 5.78 Å². The summed E-state index contributed by atoms with van der Waals surface area (Å²) in [5.74, 6) is -0.423. The predicted octanol–water partition coefficient (Wildman–Crippen LogP) is 4.28. The summed E-state index contributed by atoms with van der Waals surface area (Å²) in [6.45, 7) is 0. The van der Waals surface area contributed by atoms with Crippen molar-refractivity contribution in [3.63, 3.8) is 0 Å². The van der Waals surface area contributed by atoms with Crippen LogP contribution in [0.2, 0.25) is 5.02 Å². The molecule has 0 aliphatic heterocycles. The Balaban J connectivity index is 1.84. The van der Waals surface area contributed by atoms with Gasteiger partial charge in [-0.2, -0.15) is 5.10 Å². The third kappa shape index (κ3) is 4.07. The average molecular weight is 403 g/mol. The molecule has 6 nitrogen and oxygen atoms in total. The molecule has 0 atom stereocenters. The van der Waals surface area contributed by atoms with E-state index in [9.17, 15) is 9.59 Å². The minimum Gasteiger partial charge on any atom is -0.319 e. The first-order valence-corrected chi connectivity index (χ1v) is 9.18. The standard InChI is InChI=1S/C22H15ClN4O2/c23-15-9-6-10-16(13-15)26-27-19(21(28)14-7-2-1-3-8-14)20-22(29)25-18-12-5-4-11-17(18)24-20/h1-13,26H,(H,25,29)/b27-19+. The van der Waals surface area contributed by atoms with Crippen LogP contribution in [0.15, 0.2) is 88.8 Å². The molecule has 0 spiro atoms. The third-order valence-electron chi connectivity index (χ3n) is 4.20. The van der Waals surface area contributed by atoms with Crippen molar-refractivity contribution in [2.75, 3.05) is 5.43 Å². The number of anilines is 1. The van der Waals surface area contributed by atoms with Crippen molar-refractivity contribution in [3.05, 3.63) is 105 Å². The maximum Gasteiger partial charge on any atom is 0.276 e. The lowest BCUT2D eigenvalue weighted by Gasteiger charge is -2.08. The number of benzene rings is 3. The summed E-state index contributed by atoms with van der Waals surface area (Å²) in [4.78, 5) is 33.0. The van der Waals surface area contributed by atoms with Gasteiger partial charge in [-0.25, -0.2) is 4.98 Å². The van der Waals surface area contributed by atoms with Gasteiger partial charge in [-0.1, -0.05) is 60.1 Å². The molecule has 0 unspecified atom stereocenters. The molecular formula is C22H15ClN4O2. The maximum absolute atomic E-state index is 13.1. The fourth-order valence-electron chi connectivity index (χ4n) is 2.81. The lowest BCUT2D eigenvalue weighted by molar-refractivity contribution is 0.106. The van der Waals surface area contributed by atoms with Gasteiger partial charge in [0, 0.05) is 10.6 Å². The number of hydrogen-bond donors (Lipinski definition) is 2. The Morgan fingerprint density at radius 1 is 0.966 bits per heavy atom. The van der Waals surface area contributed by atoms with Gasteiger partial charge in [0.25, 0.3) is 5.56 Å². The van der Waals surface area contributed by atoms with Crippen LogP contribution in [0, 0.1) is 0 Å². The maximum atomic E-state index is 13.1. The van der Waals surface area contributed by atoms with E-state index in [1.807, 2.05) is 0 Å². The van der Waals surface area contributed by atoms with Crippen LogP contribution < -0.4 is 11.0 Å². The number of halogens is 1. The summed E-state index contributed by atoms with van der Waals surface area (Å²) in [6, 6.07) is 22.6. The molecule has 4 aromatic rings. The highest BCUT2D eigenvalue weighted by molar-refractivity contribution is 6.51. The van der Waals surface area contributed by atoms with Crippen molar-refractivity contribution >= 4 is 39.8 Å². The van der Waals surface area contributed by atoms with Crippen LogP contribution in [0.25, 0.3) is 11.0 Å². The number of aromatic nitrogens is 2. The van der Waals surface area contributed by atoms with E-state index in [1.54, 1.807) is 78.9 Å². The van der Waals surface area contributed by atoms with Gasteiger partial charge in [-0.15, -0.1) is 0 Å². The van der Waals surface area contributed by atoms with Gasteiger partial charge in [0.05, 0.1) is 16.7 Å². The van der Waals surface area contributed by atoms with E-state index in [1.165, 1.54) is 0 Å². The molecule has 0 saturated carbocycles. The number of carbonyl (C=O) groups is 1. The second-order valence-corrected chi connectivity index (χ2v) is 6.65. The first-order chi connectivity index (χ1) is 14.1. The third-order valence-corrected chi connectivity index (χ3v) is 4.43. The smallest absolute Gasteiger partial charge is 0.276 e. The minimum absolute atomic E-state index is 0.0629. The van der Waals surface area contributed by atoms with Crippen molar-refractivity contribution in [3.8, 4) is 0 Å². The second-order valence-electron chi connectivity index (χ2n) is 6.21. The van der Waals surface area contributed by atoms with Crippen LogP contribution in [0.5, 0.6) is 0 Å². The molecule has 7 heteroatoms. The van der Waals surface area contributed by atoms with E-state index in [0.29, 0.717) is 27.3 Å². The highest BCUT2D eigenvalue weighted by Gasteiger charge is 2.21. The number of nitrogens with zero attached hydrogens (tertiary/aromatic N) is 2. The van der Waals surface area contributed by atoms with Gasteiger partial charge in [-0.05, 0) is 30.3 Å². The first-order valence-electron chi connectivity index (χ1n) is 8.80. The van der Waals surface area contributed by atoms with Crippen LogP contribution in [-0.4, -0.2) is 21.5 Å². The highest BCUT2D eigenvalue weighted by atomic mass is 35.5. The molecule has 142 valence electrons. The average Bonchev–Trinajstić information content (AvgIpc) is 2.74. The highest BCUT2D eigenvalue weighted by Crippen LogP contribution is 2.16. The summed E-state index contributed by atoms with van der Waals surface area (Å²) < 4.78 is 0. The van der Waals surface area contributed by atoms with Crippen LogP contribution in [0.1, 0.15) is 16.1 Å². The molecule has 3 aromatic carbocycles. The molecule has 1 aromatic heterocycles. The summed E-state index contributed by atoms with van der Waals surface area (Å²) >= 11 is 6.00. The molecule has 0 radical (unpaired) electrons. The Bertz CT molecular complexity index is 1280. The fourth-order valence-corrected chi connectivity index (χ4v) is 3.00. The largest absolute Gasteiger partial charge is 0.319 e. The zero-order valence-corrected chi connectivity index (χ0v) is 15.9. The molecule has 0 amide bonds. The first kappa shape index (κ1) is 18.6. The molecule has 0 aliphatic carbocycles. The zero-order valence-electron chi connectivity index (χ0n) is 15.1. The van der Waals surface area contributed by atoms with Crippen molar-refractivity contribution in [2.24, 2.45) is 5.10 Å². The van der Waals surface area contributed by atoms with E-state index in [0.717, 1.165) is 0 Å². The lowest BCUT2D eigenvalue weighted by Crippen LogP contribution is -2.27. The quantitative estimate of drug-likeness (QED) is 0.296. The van der Waals surface area contributed by atoms with E-state index >= 15 is 0 Å². The predicted molar refractivity (Wildman–Crippen MR) is 115 cm³/mol. The normalized spacial score (nSPS) is 11.4. The van der Waals surface area contributed by atoms with Gasteiger partial charge >= 0.3 is 0 Å². The number of rotatable bonds is 5. The molecular weight excluding hydrogens is 388 g/mol. The topological polar surface area (TPSA) is 87.2 Å². The SMILES string of the molecule is O=C(/C(=N/Nc1cccc(Cl)c1)c1nc2ccccc2[nH]c1=O)c1ccccc1. The summed E-state index contributed by atoms with van der Waals surface area (Å²) in [7, 11) is 0. The number of nitrogens with one attached hydrogen (secondary N) is 2. The number of hydrazone groups is 1. The summed E-state index contributed by atoms with van der Waals surface area (Å²) in [6.07, 6.45) is 0. The molecule has 4 rings (SSSR count). The van der Waals surface area contributed by atoms with Crippen LogP contribution in [-0.2, 0) is 0 Å². The Kier molecular flexibility index (Phi) is 5.18. The van der Waals surface area contributed by atoms with Crippen molar-refractivity contribution in [1.82, 2.24) is 9.97 Å². The van der Waals surface area contributed by atoms with Crippen LogP contribution >= 0.6 is 11.6 Å². The molecule has 0 aliphatic rings. The van der Waals surface area contributed by atoms with Gasteiger partial charge < -0.3 is 4.98 Å². The van der Waals surface area contributed by atoms with E-state index in [2.05, 4.69) is 20.5 Å². The number of fused-ring (bicyclic) bond motifs is 1. The number of aromatic amines is 1. The second kappa shape index (κ2) is 8.08. The minimum atomic E-state index is -0.500. The molecule has 2 N–H and O–H groups in total.